The van der Waals surface area contributed by atoms with Crippen LogP contribution in [-0.4, -0.2) is 10.9 Å². The van der Waals surface area contributed by atoms with Crippen molar-refractivity contribution in [2.24, 2.45) is 5.73 Å². The Bertz CT molecular complexity index is 841. The van der Waals surface area contributed by atoms with E-state index in [1.165, 1.54) is 12.1 Å². The van der Waals surface area contributed by atoms with Crippen LogP contribution in [0.5, 0.6) is 0 Å². The van der Waals surface area contributed by atoms with Gasteiger partial charge in [0, 0.05) is 5.39 Å². The summed E-state index contributed by atoms with van der Waals surface area (Å²) in [5.74, 6) is -0.915. The summed E-state index contributed by atoms with van der Waals surface area (Å²) < 4.78 is 13.1. The van der Waals surface area contributed by atoms with Gasteiger partial charge in [0.15, 0.2) is 0 Å². The van der Waals surface area contributed by atoms with Gasteiger partial charge in [0.05, 0.1) is 5.52 Å². The third kappa shape index (κ3) is 2.48. The van der Waals surface area contributed by atoms with Gasteiger partial charge in [0.25, 0.3) is 5.91 Å². The molecule has 0 unspecified atom stereocenters. The van der Waals surface area contributed by atoms with Gasteiger partial charge in [-0.1, -0.05) is 24.3 Å². The van der Waals surface area contributed by atoms with Gasteiger partial charge in [-0.3, -0.25) is 4.79 Å². The third-order valence-corrected chi connectivity index (χ3v) is 3.28. The number of hydrogen-bond donors (Lipinski definition) is 1. The number of nitrogens with zero attached hydrogens (tertiary/aromatic N) is 1. The number of hydrogen-bond acceptors (Lipinski definition) is 2. The highest BCUT2D eigenvalue weighted by atomic mass is 19.1. The van der Waals surface area contributed by atoms with Crippen LogP contribution in [0.4, 0.5) is 4.39 Å². The molecule has 2 aromatic carbocycles. The largest absolute Gasteiger partial charge is 0.364 e. The molecule has 103 valence electrons. The summed E-state index contributed by atoms with van der Waals surface area (Å²) in [7, 11) is 0. The summed E-state index contributed by atoms with van der Waals surface area (Å²) in [5, 5.41) is 0.860. The number of halogens is 1. The number of primary amides is 1. The SMILES string of the molecule is [CH2]c1ccc2c(-c3ccc(F)cc3)cc(C(N)=O)nc2c1. The second kappa shape index (κ2) is 4.98. The molecule has 1 radical (unpaired) electrons. The first-order valence-electron chi connectivity index (χ1n) is 6.37. The zero-order valence-corrected chi connectivity index (χ0v) is 11.1. The molecule has 0 spiro atoms. The second-order valence-corrected chi connectivity index (χ2v) is 4.78. The molecule has 0 aliphatic rings. The highest BCUT2D eigenvalue weighted by Gasteiger charge is 2.11. The van der Waals surface area contributed by atoms with Gasteiger partial charge in [0.1, 0.15) is 11.5 Å². The van der Waals surface area contributed by atoms with Crippen molar-refractivity contribution in [2.45, 2.75) is 0 Å². The highest BCUT2D eigenvalue weighted by molar-refractivity contribution is 6.00. The van der Waals surface area contributed by atoms with Crippen LogP contribution in [0.1, 0.15) is 16.1 Å². The molecule has 2 N–H and O–H groups in total. The van der Waals surface area contributed by atoms with E-state index in [2.05, 4.69) is 11.9 Å². The molecule has 21 heavy (non-hydrogen) atoms. The first-order chi connectivity index (χ1) is 10.0. The van der Waals surface area contributed by atoms with Crippen LogP contribution in [0, 0.1) is 12.7 Å². The van der Waals surface area contributed by atoms with E-state index in [1.54, 1.807) is 24.3 Å². The maximum Gasteiger partial charge on any atom is 0.267 e. The van der Waals surface area contributed by atoms with Gasteiger partial charge < -0.3 is 5.73 Å². The van der Waals surface area contributed by atoms with E-state index in [1.807, 2.05) is 12.1 Å². The van der Waals surface area contributed by atoms with Crippen LogP contribution >= 0.6 is 0 Å². The Morgan fingerprint density at radius 2 is 1.81 bits per heavy atom. The van der Waals surface area contributed by atoms with E-state index in [0.717, 1.165) is 22.1 Å². The Morgan fingerprint density at radius 3 is 2.48 bits per heavy atom. The second-order valence-electron chi connectivity index (χ2n) is 4.78. The third-order valence-electron chi connectivity index (χ3n) is 3.28. The van der Waals surface area contributed by atoms with E-state index in [0.29, 0.717) is 5.52 Å². The fourth-order valence-corrected chi connectivity index (χ4v) is 2.27. The lowest BCUT2D eigenvalue weighted by Crippen LogP contribution is -2.13. The summed E-state index contributed by atoms with van der Waals surface area (Å²) >= 11 is 0. The van der Waals surface area contributed by atoms with Crippen LogP contribution in [0.2, 0.25) is 0 Å². The topological polar surface area (TPSA) is 56.0 Å². The lowest BCUT2D eigenvalue weighted by molar-refractivity contribution is 0.0996. The van der Waals surface area contributed by atoms with Gasteiger partial charge in [-0.05, 0) is 47.9 Å². The molecule has 0 bridgehead atoms. The van der Waals surface area contributed by atoms with Crippen LogP contribution in [0.25, 0.3) is 22.0 Å². The summed E-state index contributed by atoms with van der Waals surface area (Å²) in [4.78, 5) is 15.7. The molecule has 3 nitrogen and oxygen atoms in total. The normalized spacial score (nSPS) is 10.8. The molecule has 1 aromatic heterocycles. The van der Waals surface area contributed by atoms with Crippen molar-refractivity contribution in [3.63, 3.8) is 0 Å². The van der Waals surface area contributed by atoms with Gasteiger partial charge in [-0.15, -0.1) is 0 Å². The summed E-state index contributed by atoms with van der Waals surface area (Å²) in [5.41, 5.74) is 8.52. The molecule has 0 atom stereocenters. The van der Waals surface area contributed by atoms with Crippen molar-refractivity contribution in [3.8, 4) is 11.1 Å². The number of amides is 1. The number of carbonyl (C=O) groups excluding carboxylic acids is 1. The first-order valence-corrected chi connectivity index (χ1v) is 6.37. The predicted octanol–water partition coefficient (Wildman–Crippen LogP) is 3.32. The Labute approximate surface area is 121 Å². The molecular weight excluding hydrogens is 267 g/mol. The molecule has 0 saturated heterocycles. The Kier molecular flexibility index (Phi) is 3.14. The summed E-state index contributed by atoms with van der Waals surface area (Å²) in [6.45, 7) is 3.85. The zero-order valence-electron chi connectivity index (χ0n) is 11.1. The van der Waals surface area contributed by atoms with Gasteiger partial charge in [-0.25, -0.2) is 9.37 Å². The lowest BCUT2D eigenvalue weighted by atomic mass is 9.99. The minimum absolute atomic E-state index is 0.174. The van der Waals surface area contributed by atoms with Gasteiger partial charge in [0.2, 0.25) is 0 Å². The van der Waals surface area contributed by atoms with Crippen molar-refractivity contribution in [1.82, 2.24) is 4.98 Å². The zero-order chi connectivity index (χ0) is 15.0. The highest BCUT2D eigenvalue weighted by Crippen LogP contribution is 2.29. The average molecular weight is 279 g/mol. The molecular formula is C17H12FN2O. The number of benzene rings is 2. The Morgan fingerprint density at radius 1 is 1.10 bits per heavy atom. The van der Waals surface area contributed by atoms with E-state index in [4.69, 9.17) is 5.73 Å². The molecule has 3 rings (SSSR count). The number of fused-ring (bicyclic) bond motifs is 1. The van der Waals surface area contributed by atoms with Gasteiger partial charge in [-0.2, -0.15) is 0 Å². The van der Waals surface area contributed by atoms with Crippen LogP contribution in [0.15, 0.2) is 48.5 Å². The monoisotopic (exact) mass is 279 g/mol. The Hall–Kier alpha value is -2.75. The van der Waals surface area contributed by atoms with E-state index in [-0.39, 0.29) is 11.5 Å². The summed E-state index contributed by atoms with van der Waals surface area (Å²) in [6, 6.07) is 13.2. The van der Waals surface area contributed by atoms with Crippen molar-refractivity contribution in [3.05, 3.63) is 72.5 Å². The van der Waals surface area contributed by atoms with Crippen LogP contribution in [-0.2, 0) is 0 Å². The Balaban J connectivity index is 2.33. The number of aromatic nitrogens is 1. The molecule has 4 heteroatoms. The number of carbonyl (C=O) groups is 1. The van der Waals surface area contributed by atoms with E-state index in [9.17, 15) is 9.18 Å². The molecule has 0 saturated carbocycles. The average Bonchev–Trinajstić information content (AvgIpc) is 2.46. The quantitative estimate of drug-likeness (QED) is 0.782. The first kappa shape index (κ1) is 13.2. The molecule has 3 aromatic rings. The standard InChI is InChI=1S/C17H12FN2O/c1-10-2-7-13-14(11-3-5-12(18)6-4-11)9-16(17(19)21)20-15(13)8-10/h2-9H,1H2,(H2,19,21). The van der Waals surface area contributed by atoms with Crippen molar-refractivity contribution >= 4 is 16.8 Å². The smallest absolute Gasteiger partial charge is 0.267 e. The molecule has 0 fully saturated rings. The predicted molar refractivity (Wildman–Crippen MR) is 80.1 cm³/mol. The minimum Gasteiger partial charge on any atom is -0.364 e. The van der Waals surface area contributed by atoms with Crippen molar-refractivity contribution in [2.75, 3.05) is 0 Å². The number of nitrogens with two attached hydrogens (primary N) is 1. The maximum atomic E-state index is 13.1. The van der Waals surface area contributed by atoms with Crippen molar-refractivity contribution < 1.29 is 9.18 Å². The summed E-state index contributed by atoms with van der Waals surface area (Å²) in [6.07, 6.45) is 0. The van der Waals surface area contributed by atoms with Crippen molar-refractivity contribution in [1.29, 1.82) is 0 Å². The fourth-order valence-electron chi connectivity index (χ4n) is 2.27. The number of rotatable bonds is 2. The molecule has 0 aliphatic carbocycles. The molecule has 0 aliphatic heterocycles. The maximum absolute atomic E-state index is 13.1. The lowest BCUT2D eigenvalue weighted by Gasteiger charge is -2.09. The van der Waals surface area contributed by atoms with E-state index < -0.39 is 5.91 Å². The van der Waals surface area contributed by atoms with E-state index >= 15 is 0 Å². The number of pyridine rings is 1. The fraction of sp³-hybridized carbons (Fsp3) is 0. The van der Waals surface area contributed by atoms with Gasteiger partial charge >= 0.3 is 0 Å². The molecule has 1 amide bonds. The molecule has 1 heterocycles. The van der Waals surface area contributed by atoms with Crippen LogP contribution in [0.3, 0.4) is 0 Å². The minimum atomic E-state index is -0.602. The van der Waals surface area contributed by atoms with Crippen LogP contribution < -0.4 is 5.73 Å².